The predicted octanol–water partition coefficient (Wildman–Crippen LogP) is 7.10. The lowest BCUT2D eigenvalue weighted by atomic mass is 9.74. The highest BCUT2D eigenvalue weighted by Crippen LogP contribution is 2.42. The smallest absolute Gasteiger partial charge is 0.252 e. The molecule has 5 nitrogen and oxygen atoms in total. The van der Waals surface area contributed by atoms with Crippen molar-refractivity contribution in [1.29, 1.82) is 0 Å². The van der Waals surface area contributed by atoms with Crippen LogP contribution in [0.15, 0.2) is 158 Å². The summed E-state index contributed by atoms with van der Waals surface area (Å²) >= 11 is 0. The van der Waals surface area contributed by atoms with Crippen LogP contribution in [0, 0.1) is 0 Å². The Morgan fingerprint density at radius 3 is 1.71 bits per heavy atom. The molecule has 1 N–H and O–H groups in total. The zero-order valence-corrected chi connectivity index (χ0v) is 22.5. The summed E-state index contributed by atoms with van der Waals surface area (Å²) < 4.78 is 1.92. The van der Waals surface area contributed by atoms with Crippen LogP contribution in [0.2, 0.25) is 0 Å². The van der Waals surface area contributed by atoms with Gasteiger partial charge in [0.2, 0.25) is 0 Å². The molecule has 5 aromatic carbocycles. The van der Waals surface area contributed by atoms with Gasteiger partial charge in [0, 0.05) is 11.1 Å². The van der Waals surface area contributed by atoms with Gasteiger partial charge in [0.25, 0.3) is 5.91 Å². The number of nitrogens with zero attached hydrogens (tertiary/aromatic N) is 3. The summed E-state index contributed by atoms with van der Waals surface area (Å²) in [6.07, 6.45) is 2.58. The van der Waals surface area contributed by atoms with Gasteiger partial charge in [-0.05, 0) is 35.2 Å². The third-order valence-corrected chi connectivity index (χ3v) is 7.48. The molecule has 6 rings (SSSR count). The van der Waals surface area contributed by atoms with Crippen LogP contribution in [0.4, 0.5) is 0 Å². The van der Waals surface area contributed by atoms with E-state index in [1.165, 1.54) is 0 Å². The van der Waals surface area contributed by atoms with Gasteiger partial charge in [-0.2, -0.15) is 0 Å². The van der Waals surface area contributed by atoms with E-state index in [4.69, 9.17) is 5.21 Å². The second-order valence-corrected chi connectivity index (χ2v) is 10.0. The van der Waals surface area contributed by atoms with Crippen LogP contribution in [0.1, 0.15) is 33.1 Å². The molecule has 0 aliphatic rings. The topological polar surface area (TPSA) is 59.8 Å². The number of hydrogen-bond acceptors (Lipinski definition) is 3. The van der Waals surface area contributed by atoms with E-state index in [9.17, 15) is 4.79 Å². The molecular weight excluding hydrogens is 504 g/mol. The van der Waals surface area contributed by atoms with Gasteiger partial charge < -0.3 is 5.32 Å². The number of nitrogens with one attached hydrogen (secondary N) is 1. The SMILES string of the molecule is O=C(NC(c1ccccc1)(c1ccccc1)[C@H](Cc1ccccc1)n1cc(-c2ccccc2)nn1)c1ccccc1. The molecule has 0 aliphatic heterocycles. The maximum Gasteiger partial charge on any atom is 0.252 e. The molecule has 1 heterocycles. The maximum absolute atomic E-state index is 14.1. The van der Waals surface area contributed by atoms with Gasteiger partial charge in [-0.15, -0.1) is 5.10 Å². The number of amides is 1. The number of carbonyl (C=O) groups is 1. The van der Waals surface area contributed by atoms with Crippen molar-refractivity contribution in [1.82, 2.24) is 20.3 Å². The van der Waals surface area contributed by atoms with Crippen molar-refractivity contribution >= 4 is 5.91 Å². The minimum atomic E-state index is -0.993. The summed E-state index contributed by atoms with van der Waals surface area (Å²) in [4.78, 5) is 14.1. The number of benzene rings is 5. The molecule has 0 radical (unpaired) electrons. The second kappa shape index (κ2) is 11.8. The van der Waals surface area contributed by atoms with Gasteiger partial charge in [-0.25, -0.2) is 4.68 Å². The Hall–Kier alpha value is -5.29. The van der Waals surface area contributed by atoms with Crippen molar-refractivity contribution in [3.05, 3.63) is 180 Å². The molecule has 0 fully saturated rings. The summed E-state index contributed by atoms with van der Waals surface area (Å²) in [6, 6.07) is 49.7. The third kappa shape index (κ3) is 5.43. The summed E-state index contributed by atoms with van der Waals surface area (Å²) in [5, 5.41) is 12.8. The Labute approximate surface area is 240 Å². The van der Waals surface area contributed by atoms with Crippen molar-refractivity contribution in [2.24, 2.45) is 0 Å². The molecule has 6 aromatic rings. The molecule has 0 saturated heterocycles. The Morgan fingerprint density at radius 2 is 1.15 bits per heavy atom. The van der Waals surface area contributed by atoms with Gasteiger partial charge in [0.05, 0.1) is 12.2 Å². The van der Waals surface area contributed by atoms with Crippen LogP contribution in [0.3, 0.4) is 0 Å². The molecule has 1 atom stereocenters. The molecule has 1 amide bonds. The van der Waals surface area contributed by atoms with Crippen molar-refractivity contribution in [2.45, 2.75) is 18.0 Å². The molecule has 200 valence electrons. The second-order valence-electron chi connectivity index (χ2n) is 10.0. The van der Waals surface area contributed by atoms with Crippen LogP contribution in [0.25, 0.3) is 11.3 Å². The lowest BCUT2D eigenvalue weighted by molar-refractivity contribution is 0.0876. The quantitative estimate of drug-likeness (QED) is 0.215. The lowest BCUT2D eigenvalue weighted by Gasteiger charge is -2.42. The molecule has 0 aliphatic carbocycles. The highest BCUT2D eigenvalue weighted by molar-refractivity contribution is 5.95. The van der Waals surface area contributed by atoms with Crippen molar-refractivity contribution in [3.63, 3.8) is 0 Å². The lowest BCUT2D eigenvalue weighted by Crippen LogP contribution is -2.53. The van der Waals surface area contributed by atoms with E-state index >= 15 is 0 Å². The van der Waals surface area contributed by atoms with Crippen LogP contribution < -0.4 is 5.32 Å². The van der Waals surface area contributed by atoms with Crippen LogP contribution in [-0.2, 0) is 12.0 Å². The van der Waals surface area contributed by atoms with Gasteiger partial charge >= 0.3 is 0 Å². The molecular formula is C36H30N4O. The third-order valence-electron chi connectivity index (χ3n) is 7.48. The van der Waals surface area contributed by atoms with E-state index in [0.29, 0.717) is 12.0 Å². The van der Waals surface area contributed by atoms with E-state index in [1.54, 1.807) is 0 Å². The largest absolute Gasteiger partial charge is 0.336 e. The first-order chi connectivity index (χ1) is 20.2. The average Bonchev–Trinajstić information content (AvgIpc) is 3.55. The molecule has 5 heteroatoms. The van der Waals surface area contributed by atoms with Gasteiger partial charge in [-0.1, -0.05) is 145 Å². The minimum Gasteiger partial charge on any atom is -0.336 e. The minimum absolute atomic E-state index is 0.167. The number of hydrogen-bond donors (Lipinski definition) is 1. The summed E-state index contributed by atoms with van der Waals surface area (Å²) in [7, 11) is 0. The maximum atomic E-state index is 14.1. The Morgan fingerprint density at radius 1 is 0.659 bits per heavy atom. The fourth-order valence-corrected chi connectivity index (χ4v) is 5.47. The van der Waals surface area contributed by atoms with E-state index in [-0.39, 0.29) is 11.9 Å². The molecule has 0 unspecified atom stereocenters. The highest BCUT2D eigenvalue weighted by atomic mass is 16.1. The molecule has 41 heavy (non-hydrogen) atoms. The molecule has 0 spiro atoms. The van der Waals surface area contributed by atoms with Gasteiger partial charge in [-0.3, -0.25) is 4.79 Å². The van der Waals surface area contributed by atoms with Gasteiger partial charge in [0.15, 0.2) is 0 Å². The Bertz CT molecular complexity index is 1650. The average molecular weight is 535 g/mol. The number of rotatable bonds is 9. The first kappa shape index (κ1) is 26.0. The highest BCUT2D eigenvalue weighted by Gasteiger charge is 2.45. The van der Waals surface area contributed by atoms with Crippen molar-refractivity contribution < 1.29 is 4.79 Å². The van der Waals surface area contributed by atoms with Crippen molar-refractivity contribution in [3.8, 4) is 11.3 Å². The van der Waals surface area contributed by atoms with E-state index < -0.39 is 5.54 Å². The fourth-order valence-electron chi connectivity index (χ4n) is 5.47. The van der Waals surface area contributed by atoms with Gasteiger partial charge in [0.1, 0.15) is 11.2 Å². The zero-order chi connectivity index (χ0) is 27.9. The fraction of sp³-hybridized carbons (Fsp3) is 0.0833. The molecule has 1 aromatic heterocycles. The van der Waals surface area contributed by atoms with E-state index in [0.717, 1.165) is 27.9 Å². The summed E-state index contributed by atoms with van der Waals surface area (Å²) in [5.74, 6) is -0.167. The summed E-state index contributed by atoms with van der Waals surface area (Å²) in [6.45, 7) is 0. The monoisotopic (exact) mass is 534 g/mol. The number of aromatic nitrogens is 3. The number of carbonyl (C=O) groups excluding carboxylic acids is 1. The first-order valence-electron chi connectivity index (χ1n) is 13.7. The van der Waals surface area contributed by atoms with Crippen LogP contribution in [-0.4, -0.2) is 20.9 Å². The molecule has 0 saturated carbocycles. The predicted molar refractivity (Wildman–Crippen MR) is 162 cm³/mol. The first-order valence-corrected chi connectivity index (χ1v) is 13.7. The van der Waals surface area contributed by atoms with Crippen molar-refractivity contribution in [2.75, 3.05) is 0 Å². The van der Waals surface area contributed by atoms with Crippen LogP contribution >= 0.6 is 0 Å². The van der Waals surface area contributed by atoms with E-state index in [1.807, 2.05) is 126 Å². The van der Waals surface area contributed by atoms with E-state index in [2.05, 4.69) is 46.8 Å². The van der Waals surface area contributed by atoms with Crippen LogP contribution in [0.5, 0.6) is 0 Å². The summed E-state index contributed by atoms with van der Waals surface area (Å²) in [5.41, 5.74) is 4.38. The Kier molecular flexibility index (Phi) is 7.50. The zero-order valence-electron chi connectivity index (χ0n) is 22.5. The molecule has 0 bridgehead atoms. The standard InChI is InChI=1S/C36H30N4O/c41-35(30-20-10-3-11-21-30)37-36(31-22-12-4-13-23-31,32-24-14-5-15-25-32)34(26-28-16-6-1-7-17-28)40-27-33(38-39-40)29-18-8-2-9-19-29/h1-25,27,34H,26H2,(H,37,41)/t34-/m0/s1. The normalized spacial score (nSPS) is 12.0. The Balaban J connectivity index is 1.59.